The lowest BCUT2D eigenvalue weighted by Gasteiger charge is -2.17. The van der Waals surface area contributed by atoms with E-state index in [9.17, 15) is 9.59 Å². The van der Waals surface area contributed by atoms with Crippen molar-refractivity contribution in [1.82, 2.24) is 14.9 Å². The van der Waals surface area contributed by atoms with Crippen molar-refractivity contribution in [2.75, 3.05) is 13.3 Å². The van der Waals surface area contributed by atoms with E-state index in [1.807, 2.05) is 0 Å². The minimum absolute atomic E-state index is 0.0804. The van der Waals surface area contributed by atoms with Crippen LogP contribution in [0.15, 0.2) is 0 Å². The molecule has 0 saturated heterocycles. The Morgan fingerprint density at radius 3 is 1.95 bits per heavy atom. The normalized spacial score (nSPS) is 14.8. The number of hydrogen-bond acceptors (Lipinski definition) is 5. The van der Waals surface area contributed by atoms with E-state index in [4.69, 9.17) is 27.9 Å². The molecule has 0 aliphatic carbocycles. The van der Waals surface area contributed by atoms with E-state index in [-0.39, 0.29) is 28.4 Å². The maximum atomic E-state index is 12.1. The van der Waals surface area contributed by atoms with Crippen molar-refractivity contribution >= 4 is 43.1 Å². The smallest absolute Gasteiger partial charge is 0.283 e. The highest BCUT2D eigenvalue weighted by atomic mass is 35.5. The minimum Gasteiger partial charge on any atom is -0.361 e. The molecule has 0 unspecified atom stereocenters. The fourth-order valence-corrected chi connectivity index (χ4v) is 2.70. The summed E-state index contributed by atoms with van der Waals surface area (Å²) in [5.41, 5.74) is -0.161. The number of hydrogen-bond donors (Lipinski definition) is 0. The van der Waals surface area contributed by atoms with Crippen LogP contribution in [0.25, 0.3) is 0 Å². The van der Waals surface area contributed by atoms with Crippen LogP contribution >= 0.6 is 23.2 Å². The van der Waals surface area contributed by atoms with Crippen LogP contribution in [-0.4, -0.2) is 48.1 Å². The molecule has 1 aliphatic rings. The summed E-state index contributed by atoms with van der Waals surface area (Å²) in [5.74, 6) is -1.12. The van der Waals surface area contributed by atoms with Crippen LogP contribution in [0.2, 0.25) is 36.0 Å². The third kappa shape index (κ3) is 3.60. The van der Waals surface area contributed by atoms with E-state index < -0.39 is 19.9 Å². The molecule has 0 bridgehead atoms. The number of fused-ring (bicyclic) bond motifs is 1. The predicted octanol–water partition coefficient (Wildman–Crippen LogP) is 2.69. The number of carbonyl (C=O) groups is 2. The van der Waals surface area contributed by atoms with E-state index >= 15 is 0 Å². The summed E-state index contributed by atoms with van der Waals surface area (Å²) in [4.78, 5) is 32.8. The van der Waals surface area contributed by atoms with Gasteiger partial charge in [-0.15, -0.1) is 0 Å². The van der Waals surface area contributed by atoms with Crippen LogP contribution < -0.4 is 0 Å². The zero-order valence-electron chi connectivity index (χ0n) is 11.9. The Balaban J connectivity index is 2.04. The lowest BCUT2D eigenvalue weighted by Crippen LogP contribution is -2.33. The van der Waals surface area contributed by atoms with Gasteiger partial charge in [0.1, 0.15) is 6.73 Å². The molecule has 21 heavy (non-hydrogen) atoms. The van der Waals surface area contributed by atoms with Crippen molar-refractivity contribution in [2.45, 2.75) is 25.7 Å². The molecule has 0 saturated carbocycles. The van der Waals surface area contributed by atoms with Gasteiger partial charge in [-0.1, -0.05) is 42.8 Å². The average Bonchev–Trinajstić information content (AvgIpc) is 2.59. The van der Waals surface area contributed by atoms with Crippen LogP contribution in [0.5, 0.6) is 0 Å². The molecule has 0 radical (unpaired) electrons. The molecule has 114 valence electrons. The summed E-state index contributed by atoms with van der Waals surface area (Å²) in [6.45, 7) is 7.05. The van der Waals surface area contributed by atoms with Gasteiger partial charge in [0.2, 0.25) is 0 Å². The Morgan fingerprint density at radius 2 is 1.52 bits per heavy atom. The van der Waals surface area contributed by atoms with Gasteiger partial charge in [-0.05, 0) is 6.04 Å². The van der Waals surface area contributed by atoms with E-state index in [2.05, 4.69) is 29.6 Å². The molecule has 0 atom stereocenters. The fourth-order valence-electron chi connectivity index (χ4n) is 1.69. The van der Waals surface area contributed by atoms with E-state index in [0.717, 1.165) is 10.9 Å². The van der Waals surface area contributed by atoms with Gasteiger partial charge in [0.15, 0.2) is 21.7 Å². The van der Waals surface area contributed by atoms with Gasteiger partial charge in [-0.2, -0.15) is 0 Å². The van der Waals surface area contributed by atoms with E-state index in [1.165, 1.54) is 0 Å². The van der Waals surface area contributed by atoms with E-state index in [0.29, 0.717) is 6.61 Å². The van der Waals surface area contributed by atoms with Gasteiger partial charge in [0, 0.05) is 14.7 Å². The number of amides is 2. The molecule has 0 fully saturated rings. The Morgan fingerprint density at radius 1 is 1.05 bits per heavy atom. The number of ether oxygens (including phenoxy) is 1. The Hall–Kier alpha value is -1.02. The molecule has 2 rings (SSSR count). The average molecular weight is 348 g/mol. The highest BCUT2D eigenvalue weighted by Gasteiger charge is 2.39. The first-order valence-electron chi connectivity index (χ1n) is 6.37. The number of imide groups is 1. The number of rotatable bonds is 5. The molecule has 0 spiro atoms. The minimum atomic E-state index is -1.22. The summed E-state index contributed by atoms with van der Waals surface area (Å²) < 4.78 is 5.42. The van der Waals surface area contributed by atoms with Gasteiger partial charge in [0.05, 0.1) is 0 Å². The SMILES string of the molecule is C[Si](C)(C)CCOCN1C(=O)c2nc(Cl)c(Cl)nc2C1=O. The monoisotopic (exact) mass is 347 g/mol. The number of carbonyl (C=O) groups excluding carboxylic acids is 2. The number of halogens is 2. The third-order valence-electron chi connectivity index (χ3n) is 2.93. The third-order valence-corrected chi connectivity index (χ3v) is 5.25. The van der Waals surface area contributed by atoms with Gasteiger partial charge in [-0.25, -0.2) is 14.9 Å². The van der Waals surface area contributed by atoms with Crippen molar-refractivity contribution < 1.29 is 14.3 Å². The number of aromatic nitrogens is 2. The van der Waals surface area contributed by atoms with Gasteiger partial charge in [-0.3, -0.25) is 9.59 Å². The molecule has 0 N–H and O–H groups in total. The van der Waals surface area contributed by atoms with Crippen molar-refractivity contribution in [2.24, 2.45) is 0 Å². The molecule has 0 aromatic carbocycles. The molecular weight excluding hydrogens is 333 g/mol. The van der Waals surface area contributed by atoms with Gasteiger partial charge >= 0.3 is 0 Å². The zero-order valence-corrected chi connectivity index (χ0v) is 14.5. The molecule has 1 aromatic heterocycles. The summed E-state index contributed by atoms with van der Waals surface area (Å²) in [6, 6.07) is 0.949. The fraction of sp³-hybridized carbons (Fsp3) is 0.500. The van der Waals surface area contributed by atoms with Crippen molar-refractivity contribution in [3.63, 3.8) is 0 Å². The standard InChI is InChI=1S/C12H15Cl2N3O3Si/c1-21(2,3)5-4-20-6-17-11(18)7-8(12(17)19)16-10(14)9(13)15-7/h4-6H2,1-3H3. The van der Waals surface area contributed by atoms with Crippen LogP contribution in [0.1, 0.15) is 21.0 Å². The highest BCUT2D eigenvalue weighted by molar-refractivity contribution is 6.76. The first kappa shape index (κ1) is 16.3. The van der Waals surface area contributed by atoms with Crippen LogP contribution in [0.3, 0.4) is 0 Å². The Kier molecular flexibility index (Phi) is 4.67. The van der Waals surface area contributed by atoms with Crippen LogP contribution in [0.4, 0.5) is 0 Å². The van der Waals surface area contributed by atoms with Crippen LogP contribution in [0, 0.1) is 0 Å². The second-order valence-electron chi connectivity index (χ2n) is 5.89. The largest absolute Gasteiger partial charge is 0.361 e. The van der Waals surface area contributed by atoms with E-state index in [1.54, 1.807) is 0 Å². The molecular formula is C12H15Cl2N3O3Si. The maximum absolute atomic E-state index is 12.1. The summed E-state index contributed by atoms with van der Waals surface area (Å²) in [7, 11) is -1.22. The van der Waals surface area contributed by atoms with Gasteiger partial charge in [0.25, 0.3) is 11.8 Å². The summed E-state index contributed by atoms with van der Waals surface area (Å²) in [5, 5.41) is -0.198. The number of nitrogens with zero attached hydrogens (tertiary/aromatic N) is 3. The molecule has 9 heteroatoms. The lowest BCUT2D eigenvalue weighted by molar-refractivity contribution is 0.0285. The predicted molar refractivity (Wildman–Crippen MR) is 81.5 cm³/mol. The van der Waals surface area contributed by atoms with Gasteiger partial charge < -0.3 is 4.74 Å². The molecule has 1 aromatic rings. The summed E-state index contributed by atoms with van der Waals surface area (Å²) >= 11 is 11.4. The molecule has 6 nitrogen and oxygen atoms in total. The van der Waals surface area contributed by atoms with Crippen molar-refractivity contribution in [1.29, 1.82) is 0 Å². The quantitative estimate of drug-likeness (QED) is 0.465. The highest BCUT2D eigenvalue weighted by Crippen LogP contribution is 2.25. The zero-order chi connectivity index (χ0) is 15.8. The summed E-state index contributed by atoms with van der Waals surface area (Å²) in [6.07, 6.45) is 0. The molecule has 2 heterocycles. The second-order valence-corrected chi connectivity index (χ2v) is 12.2. The maximum Gasteiger partial charge on any atom is 0.283 e. The van der Waals surface area contributed by atoms with Crippen molar-refractivity contribution in [3.05, 3.63) is 21.7 Å². The second kappa shape index (κ2) is 6.00. The Bertz CT molecular complexity index is 563. The molecule has 2 amide bonds. The van der Waals surface area contributed by atoms with Crippen LogP contribution in [-0.2, 0) is 4.74 Å². The van der Waals surface area contributed by atoms with Crippen molar-refractivity contribution in [3.8, 4) is 0 Å². The Labute approximate surface area is 133 Å². The first-order chi connectivity index (χ1) is 9.70. The lowest BCUT2D eigenvalue weighted by atomic mass is 10.3. The molecule has 1 aliphatic heterocycles. The first-order valence-corrected chi connectivity index (χ1v) is 10.8. The topological polar surface area (TPSA) is 72.4 Å².